The Kier molecular flexibility index (Phi) is 6.40. The molecule has 3 nitrogen and oxygen atoms in total. The van der Waals surface area contributed by atoms with Gasteiger partial charge < -0.3 is 14.9 Å². The lowest BCUT2D eigenvalue weighted by molar-refractivity contribution is 0.281. The molecule has 1 rings (SSSR count). The van der Waals surface area contributed by atoms with Gasteiger partial charge in [-0.1, -0.05) is 45.1 Å². The fourth-order valence-corrected chi connectivity index (χ4v) is 1.90. The Bertz CT molecular complexity index is 361. The monoisotopic (exact) mass is 252 g/mol. The third kappa shape index (κ3) is 4.47. The number of unbranched alkanes of at least 4 members (excludes halogenated alkanes) is 5. The standard InChI is InChI=1S/C15H24O3/c1-3-4-5-6-7-8-11-18-15-12(2)9-10-13(16)14(15)17/h9-10,16-17H,3-8,11H2,1-2H3. The number of phenolic OH excluding ortho intramolecular Hbond substituents is 2. The highest BCUT2D eigenvalue weighted by atomic mass is 16.5. The van der Waals surface area contributed by atoms with Crippen molar-refractivity contribution in [3.05, 3.63) is 17.7 Å². The molecular formula is C15H24O3. The molecule has 0 unspecified atom stereocenters. The normalized spacial score (nSPS) is 10.6. The largest absolute Gasteiger partial charge is 0.504 e. The SMILES string of the molecule is CCCCCCCCOc1c(C)ccc(O)c1O. The molecule has 0 heterocycles. The van der Waals surface area contributed by atoms with Crippen LogP contribution in [0.1, 0.15) is 51.0 Å². The van der Waals surface area contributed by atoms with Gasteiger partial charge in [-0.25, -0.2) is 0 Å². The van der Waals surface area contributed by atoms with Crippen LogP contribution < -0.4 is 4.74 Å². The minimum atomic E-state index is -0.152. The molecule has 0 fully saturated rings. The molecule has 0 aliphatic rings. The minimum absolute atomic E-state index is 0.126. The molecule has 0 aliphatic heterocycles. The summed E-state index contributed by atoms with van der Waals surface area (Å²) in [6, 6.07) is 3.22. The fourth-order valence-electron chi connectivity index (χ4n) is 1.90. The van der Waals surface area contributed by atoms with E-state index in [2.05, 4.69) is 6.92 Å². The first-order chi connectivity index (χ1) is 8.66. The number of aromatic hydroxyl groups is 2. The van der Waals surface area contributed by atoms with Crippen LogP contribution in [-0.4, -0.2) is 16.8 Å². The summed E-state index contributed by atoms with van der Waals surface area (Å²) in [5.74, 6) is 0.128. The maximum atomic E-state index is 9.68. The van der Waals surface area contributed by atoms with Crippen molar-refractivity contribution in [1.29, 1.82) is 0 Å². The summed E-state index contributed by atoms with van der Waals surface area (Å²) in [6.07, 6.45) is 7.21. The van der Waals surface area contributed by atoms with Crippen LogP contribution in [0.5, 0.6) is 17.2 Å². The van der Waals surface area contributed by atoms with Crippen LogP contribution in [0.15, 0.2) is 12.1 Å². The van der Waals surface area contributed by atoms with Crippen LogP contribution in [0, 0.1) is 6.92 Å². The topological polar surface area (TPSA) is 49.7 Å². The Balaban J connectivity index is 2.29. The molecule has 2 N–H and O–H groups in total. The lowest BCUT2D eigenvalue weighted by Gasteiger charge is -2.11. The molecule has 1 aromatic carbocycles. The van der Waals surface area contributed by atoms with E-state index in [0.29, 0.717) is 12.4 Å². The van der Waals surface area contributed by atoms with Crippen LogP contribution in [-0.2, 0) is 0 Å². The average molecular weight is 252 g/mol. The van der Waals surface area contributed by atoms with E-state index < -0.39 is 0 Å². The van der Waals surface area contributed by atoms with E-state index in [0.717, 1.165) is 18.4 Å². The highest BCUT2D eigenvalue weighted by Crippen LogP contribution is 2.37. The molecule has 0 saturated carbocycles. The molecule has 0 radical (unpaired) electrons. The van der Waals surface area contributed by atoms with Gasteiger partial charge in [-0.3, -0.25) is 0 Å². The second kappa shape index (κ2) is 7.85. The fraction of sp³-hybridized carbons (Fsp3) is 0.600. The van der Waals surface area contributed by atoms with E-state index in [4.69, 9.17) is 4.74 Å². The predicted molar refractivity (Wildman–Crippen MR) is 73.4 cm³/mol. The van der Waals surface area contributed by atoms with Gasteiger partial charge in [0.25, 0.3) is 0 Å². The molecule has 0 spiro atoms. The Morgan fingerprint density at radius 3 is 2.39 bits per heavy atom. The maximum absolute atomic E-state index is 9.68. The number of aryl methyl sites for hydroxylation is 1. The van der Waals surface area contributed by atoms with Crippen LogP contribution in [0.3, 0.4) is 0 Å². The smallest absolute Gasteiger partial charge is 0.200 e. The molecule has 0 aromatic heterocycles. The van der Waals surface area contributed by atoms with Gasteiger partial charge in [0.2, 0.25) is 5.75 Å². The van der Waals surface area contributed by atoms with Crippen molar-refractivity contribution in [2.45, 2.75) is 52.4 Å². The molecule has 3 heteroatoms. The molecule has 0 aliphatic carbocycles. The summed E-state index contributed by atoms with van der Waals surface area (Å²) >= 11 is 0. The summed E-state index contributed by atoms with van der Waals surface area (Å²) in [7, 11) is 0. The molecule has 102 valence electrons. The predicted octanol–water partition coefficient (Wildman–Crippen LogP) is 4.15. The van der Waals surface area contributed by atoms with Crippen molar-refractivity contribution in [1.82, 2.24) is 0 Å². The maximum Gasteiger partial charge on any atom is 0.200 e. The Labute approximate surface area is 109 Å². The quantitative estimate of drug-likeness (QED) is 0.540. The van der Waals surface area contributed by atoms with E-state index in [1.54, 1.807) is 6.07 Å². The third-order valence-corrected chi connectivity index (χ3v) is 3.05. The summed E-state index contributed by atoms with van der Waals surface area (Å²) in [5.41, 5.74) is 0.844. The third-order valence-electron chi connectivity index (χ3n) is 3.05. The van der Waals surface area contributed by atoms with Crippen molar-refractivity contribution in [2.75, 3.05) is 6.61 Å². The zero-order valence-electron chi connectivity index (χ0n) is 11.4. The summed E-state index contributed by atoms with van der Waals surface area (Å²) in [4.78, 5) is 0. The molecule has 0 atom stereocenters. The summed E-state index contributed by atoms with van der Waals surface area (Å²) in [5, 5.41) is 19.1. The first-order valence-corrected chi connectivity index (χ1v) is 6.81. The zero-order valence-corrected chi connectivity index (χ0v) is 11.4. The van der Waals surface area contributed by atoms with E-state index in [1.807, 2.05) is 6.92 Å². The van der Waals surface area contributed by atoms with Crippen LogP contribution >= 0.6 is 0 Å². The van der Waals surface area contributed by atoms with Crippen molar-refractivity contribution in [3.8, 4) is 17.2 Å². The highest BCUT2D eigenvalue weighted by Gasteiger charge is 2.10. The Morgan fingerprint density at radius 1 is 1.00 bits per heavy atom. The number of ether oxygens (including phenoxy) is 1. The van der Waals surface area contributed by atoms with Gasteiger partial charge in [-0.2, -0.15) is 0 Å². The van der Waals surface area contributed by atoms with Gasteiger partial charge in [-0.15, -0.1) is 0 Å². The van der Waals surface area contributed by atoms with Crippen LogP contribution in [0.4, 0.5) is 0 Å². The summed E-state index contributed by atoms with van der Waals surface area (Å²) < 4.78 is 5.54. The molecule has 1 aromatic rings. The lowest BCUT2D eigenvalue weighted by Crippen LogP contribution is -1.99. The van der Waals surface area contributed by atoms with Gasteiger partial charge >= 0.3 is 0 Å². The van der Waals surface area contributed by atoms with Gasteiger partial charge in [0, 0.05) is 0 Å². The molecular weight excluding hydrogens is 228 g/mol. The summed E-state index contributed by atoms with van der Waals surface area (Å²) in [6.45, 7) is 4.65. The van der Waals surface area contributed by atoms with Crippen LogP contribution in [0.25, 0.3) is 0 Å². The highest BCUT2D eigenvalue weighted by molar-refractivity contribution is 5.53. The molecule has 0 bridgehead atoms. The van der Waals surface area contributed by atoms with E-state index in [1.165, 1.54) is 31.7 Å². The molecule has 0 amide bonds. The first kappa shape index (κ1) is 14.7. The molecule has 18 heavy (non-hydrogen) atoms. The van der Waals surface area contributed by atoms with Crippen LogP contribution in [0.2, 0.25) is 0 Å². The minimum Gasteiger partial charge on any atom is -0.504 e. The van der Waals surface area contributed by atoms with Crippen molar-refractivity contribution in [3.63, 3.8) is 0 Å². The van der Waals surface area contributed by atoms with E-state index >= 15 is 0 Å². The van der Waals surface area contributed by atoms with Crippen molar-refractivity contribution >= 4 is 0 Å². The van der Waals surface area contributed by atoms with E-state index in [-0.39, 0.29) is 11.5 Å². The second-order valence-corrected chi connectivity index (χ2v) is 4.70. The first-order valence-electron chi connectivity index (χ1n) is 6.81. The Morgan fingerprint density at radius 2 is 1.67 bits per heavy atom. The van der Waals surface area contributed by atoms with Gasteiger partial charge in [-0.05, 0) is 25.0 Å². The van der Waals surface area contributed by atoms with E-state index in [9.17, 15) is 10.2 Å². The zero-order chi connectivity index (χ0) is 13.4. The van der Waals surface area contributed by atoms with Gasteiger partial charge in [0.05, 0.1) is 6.61 Å². The lowest BCUT2D eigenvalue weighted by atomic mass is 10.1. The second-order valence-electron chi connectivity index (χ2n) is 4.70. The average Bonchev–Trinajstić information content (AvgIpc) is 2.36. The van der Waals surface area contributed by atoms with Crippen molar-refractivity contribution in [2.24, 2.45) is 0 Å². The number of phenols is 2. The molecule has 0 saturated heterocycles. The van der Waals surface area contributed by atoms with Gasteiger partial charge in [0.15, 0.2) is 11.5 Å². The Hall–Kier alpha value is -1.38. The van der Waals surface area contributed by atoms with Gasteiger partial charge in [0.1, 0.15) is 0 Å². The number of rotatable bonds is 8. The number of benzene rings is 1. The van der Waals surface area contributed by atoms with Crippen molar-refractivity contribution < 1.29 is 14.9 Å². The number of hydrogen-bond donors (Lipinski definition) is 2. The number of hydrogen-bond acceptors (Lipinski definition) is 3.